The number of hydrogen-bond acceptors (Lipinski definition) is 3. The van der Waals surface area contributed by atoms with E-state index in [0.717, 1.165) is 29.6 Å². The lowest BCUT2D eigenvalue weighted by molar-refractivity contribution is 0.490. The van der Waals surface area contributed by atoms with Crippen LogP contribution in [0.3, 0.4) is 0 Å². The van der Waals surface area contributed by atoms with Crippen LogP contribution in [0.2, 0.25) is 0 Å². The molecule has 0 spiro atoms. The topological polar surface area (TPSA) is 51.8 Å². The lowest BCUT2D eigenvalue weighted by Gasteiger charge is -2.13. The molecule has 3 heteroatoms. The fourth-order valence-electron chi connectivity index (χ4n) is 2.05. The van der Waals surface area contributed by atoms with Gasteiger partial charge < -0.3 is 5.73 Å². The van der Waals surface area contributed by atoms with Crippen LogP contribution in [0.4, 0.5) is 0 Å². The smallest absolute Gasteiger partial charge is 0.0890 e. The van der Waals surface area contributed by atoms with E-state index in [-0.39, 0.29) is 6.04 Å². The van der Waals surface area contributed by atoms with Gasteiger partial charge in [-0.2, -0.15) is 0 Å². The second-order valence-electron chi connectivity index (χ2n) is 4.94. The van der Waals surface area contributed by atoms with Crippen LogP contribution in [0, 0.1) is 5.92 Å². The molecule has 0 aliphatic heterocycles. The number of fused-ring (bicyclic) bond motifs is 1. The summed E-state index contributed by atoms with van der Waals surface area (Å²) in [7, 11) is 0. The monoisotopic (exact) mass is 229 g/mol. The van der Waals surface area contributed by atoms with Gasteiger partial charge in [-0.05, 0) is 24.5 Å². The Morgan fingerprint density at radius 3 is 2.59 bits per heavy atom. The standard InChI is InChI=1S/C14H19N3/c1-10(2)7-11(15)8-12-9-16-13-5-3-4-6-14(13)17-12/h3-6,9-11H,7-8,15H2,1-2H3. The van der Waals surface area contributed by atoms with Crippen molar-refractivity contribution < 1.29 is 0 Å². The lowest BCUT2D eigenvalue weighted by atomic mass is 10.0. The Morgan fingerprint density at radius 2 is 1.88 bits per heavy atom. The van der Waals surface area contributed by atoms with Crippen LogP contribution in [-0.2, 0) is 6.42 Å². The summed E-state index contributed by atoms with van der Waals surface area (Å²) in [6, 6.07) is 8.08. The number of benzene rings is 1. The maximum atomic E-state index is 6.08. The molecule has 0 saturated heterocycles. The normalized spacial score (nSPS) is 13.2. The van der Waals surface area contributed by atoms with Crippen LogP contribution in [0.5, 0.6) is 0 Å². The number of nitrogens with two attached hydrogens (primary N) is 1. The zero-order chi connectivity index (χ0) is 12.3. The minimum absolute atomic E-state index is 0.172. The molecular weight excluding hydrogens is 210 g/mol. The Morgan fingerprint density at radius 1 is 1.18 bits per heavy atom. The molecule has 0 bridgehead atoms. The average Bonchev–Trinajstić information content (AvgIpc) is 2.27. The molecule has 1 heterocycles. The Balaban J connectivity index is 2.14. The molecule has 0 fully saturated rings. The summed E-state index contributed by atoms with van der Waals surface area (Å²) in [5, 5.41) is 0. The second kappa shape index (κ2) is 5.23. The summed E-state index contributed by atoms with van der Waals surface area (Å²) in [4.78, 5) is 8.98. The molecule has 3 nitrogen and oxygen atoms in total. The van der Waals surface area contributed by atoms with Gasteiger partial charge in [0.15, 0.2) is 0 Å². The predicted molar refractivity (Wildman–Crippen MR) is 70.7 cm³/mol. The lowest BCUT2D eigenvalue weighted by Crippen LogP contribution is -2.25. The minimum Gasteiger partial charge on any atom is -0.327 e. The Hall–Kier alpha value is -1.48. The van der Waals surface area contributed by atoms with E-state index in [1.54, 1.807) is 0 Å². The highest BCUT2D eigenvalue weighted by Crippen LogP contribution is 2.11. The van der Waals surface area contributed by atoms with Gasteiger partial charge in [-0.25, -0.2) is 4.98 Å². The van der Waals surface area contributed by atoms with E-state index in [9.17, 15) is 0 Å². The number of hydrogen-bond donors (Lipinski definition) is 1. The van der Waals surface area contributed by atoms with Gasteiger partial charge in [0.2, 0.25) is 0 Å². The van der Waals surface area contributed by atoms with Crippen LogP contribution < -0.4 is 5.73 Å². The Kier molecular flexibility index (Phi) is 3.69. The van der Waals surface area contributed by atoms with Crippen LogP contribution in [0.1, 0.15) is 26.0 Å². The first kappa shape index (κ1) is 12.0. The molecule has 0 radical (unpaired) electrons. The number of rotatable bonds is 4. The third-order valence-electron chi connectivity index (χ3n) is 2.74. The van der Waals surface area contributed by atoms with Crippen molar-refractivity contribution in [3.05, 3.63) is 36.2 Å². The maximum Gasteiger partial charge on any atom is 0.0890 e. The minimum atomic E-state index is 0.172. The zero-order valence-electron chi connectivity index (χ0n) is 10.4. The van der Waals surface area contributed by atoms with E-state index in [0.29, 0.717) is 5.92 Å². The molecule has 1 aromatic heterocycles. The third-order valence-corrected chi connectivity index (χ3v) is 2.74. The second-order valence-corrected chi connectivity index (χ2v) is 4.94. The van der Waals surface area contributed by atoms with E-state index in [2.05, 4.69) is 23.8 Å². The molecule has 1 atom stereocenters. The summed E-state index contributed by atoms with van der Waals surface area (Å²) < 4.78 is 0. The highest BCUT2D eigenvalue weighted by molar-refractivity contribution is 5.73. The molecule has 1 aromatic carbocycles. The van der Waals surface area contributed by atoms with Crippen molar-refractivity contribution in [3.8, 4) is 0 Å². The summed E-state index contributed by atoms with van der Waals surface area (Å²) >= 11 is 0. The van der Waals surface area contributed by atoms with Crippen molar-refractivity contribution in [2.45, 2.75) is 32.7 Å². The Bertz CT molecular complexity index is 494. The van der Waals surface area contributed by atoms with Gasteiger partial charge in [-0.3, -0.25) is 4.98 Å². The van der Waals surface area contributed by atoms with Gasteiger partial charge in [-0.15, -0.1) is 0 Å². The number of aromatic nitrogens is 2. The van der Waals surface area contributed by atoms with Gasteiger partial charge in [0.05, 0.1) is 16.7 Å². The fourth-order valence-corrected chi connectivity index (χ4v) is 2.05. The molecule has 0 saturated carbocycles. The van der Waals surface area contributed by atoms with Crippen molar-refractivity contribution >= 4 is 11.0 Å². The number of nitrogens with zero attached hydrogens (tertiary/aromatic N) is 2. The molecular formula is C14H19N3. The SMILES string of the molecule is CC(C)CC(N)Cc1cnc2ccccc2n1. The van der Waals surface area contributed by atoms with Crippen LogP contribution in [-0.4, -0.2) is 16.0 Å². The van der Waals surface area contributed by atoms with E-state index < -0.39 is 0 Å². The quantitative estimate of drug-likeness (QED) is 0.876. The van der Waals surface area contributed by atoms with E-state index in [4.69, 9.17) is 5.73 Å². The molecule has 90 valence electrons. The largest absolute Gasteiger partial charge is 0.327 e. The van der Waals surface area contributed by atoms with Gasteiger partial charge in [0, 0.05) is 18.7 Å². The molecule has 0 aliphatic carbocycles. The van der Waals surface area contributed by atoms with Crippen molar-refractivity contribution in [1.82, 2.24) is 9.97 Å². The van der Waals surface area contributed by atoms with Crippen LogP contribution >= 0.6 is 0 Å². The molecule has 1 unspecified atom stereocenters. The number of para-hydroxylation sites is 2. The molecule has 2 rings (SSSR count). The van der Waals surface area contributed by atoms with Crippen molar-refractivity contribution in [2.75, 3.05) is 0 Å². The van der Waals surface area contributed by atoms with Crippen molar-refractivity contribution in [3.63, 3.8) is 0 Å². The first-order valence-electron chi connectivity index (χ1n) is 6.11. The summed E-state index contributed by atoms with van der Waals surface area (Å²) in [5.74, 6) is 0.624. The van der Waals surface area contributed by atoms with Crippen LogP contribution in [0.25, 0.3) is 11.0 Å². The van der Waals surface area contributed by atoms with Gasteiger partial charge >= 0.3 is 0 Å². The predicted octanol–water partition coefficient (Wildman–Crippen LogP) is 2.55. The van der Waals surface area contributed by atoms with Crippen molar-refractivity contribution in [2.24, 2.45) is 11.7 Å². The van der Waals surface area contributed by atoms with E-state index in [1.165, 1.54) is 0 Å². The first-order chi connectivity index (χ1) is 8.15. The van der Waals surface area contributed by atoms with Crippen molar-refractivity contribution in [1.29, 1.82) is 0 Å². The first-order valence-corrected chi connectivity index (χ1v) is 6.11. The van der Waals surface area contributed by atoms with Gasteiger partial charge in [0.1, 0.15) is 0 Å². The summed E-state index contributed by atoms with van der Waals surface area (Å²) in [6.07, 6.45) is 3.66. The van der Waals surface area contributed by atoms with E-state index >= 15 is 0 Å². The summed E-state index contributed by atoms with van der Waals surface area (Å²) in [5.41, 5.74) is 8.95. The van der Waals surface area contributed by atoms with Crippen LogP contribution in [0.15, 0.2) is 30.5 Å². The Labute approximate surface area is 102 Å². The van der Waals surface area contributed by atoms with Gasteiger partial charge in [-0.1, -0.05) is 26.0 Å². The van der Waals surface area contributed by atoms with Gasteiger partial charge in [0.25, 0.3) is 0 Å². The third kappa shape index (κ3) is 3.24. The summed E-state index contributed by atoms with van der Waals surface area (Å²) in [6.45, 7) is 4.37. The fraction of sp³-hybridized carbons (Fsp3) is 0.429. The average molecular weight is 229 g/mol. The molecule has 2 aromatic rings. The van der Waals surface area contributed by atoms with E-state index in [1.807, 2.05) is 30.5 Å². The molecule has 17 heavy (non-hydrogen) atoms. The zero-order valence-corrected chi connectivity index (χ0v) is 10.4. The molecule has 2 N–H and O–H groups in total. The highest BCUT2D eigenvalue weighted by atomic mass is 14.8. The molecule has 0 amide bonds. The maximum absolute atomic E-state index is 6.08. The molecule has 0 aliphatic rings. The highest BCUT2D eigenvalue weighted by Gasteiger charge is 2.08.